The number of aromatic nitrogens is 2. The summed E-state index contributed by atoms with van der Waals surface area (Å²) in [4.78, 5) is 10.3. The normalized spacial score (nSPS) is 11.3. The predicted octanol–water partition coefficient (Wildman–Crippen LogP) is 1.07. The fourth-order valence-electron chi connectivity index (χ4n) is 0.457. The summed E-state index contributed by atoms with van der Waals surface area (Å²) in [6, 6.07) is 0. The molecule has 6 nitrogen and oxygen atoms in total. The number of anilines is 1. The minimum Gasteiger partial charge on any atom is -0.477 e. The lowest BCUT2D eigenvalue weighted by Gasteiger charge is -1.93. The van der Waals surface area contributed by atoms with Crippen molar-refractivity contribution in [2.75, 3.05) is 5.43 Å². The summed E-state index contributed by atoms with van der Waals surface area (Å²) in [5.41, 5.74) is 2.42. The molecule has 0 radical (unpaired) electrons. The highest BCUT2D eigenvalue weighted by Gasteiger charge is 2.01. The monoisotopic (exact) mass is 218 g/mol. The predicted molar refractivity (Wildman–Crippen MR) is 51.7 cm³/mol. The van der Waals surface area contributed by atoms with Crippen LogP contribution in [-0.4, -0.2) is 27.0 Å². The molecule has 0 fully saturated rings. The number of rotatable bonds is 3. The van der Waals surface area contributed by atoms with Crippen LogP contribution in [0.15, 0.2) is 5.10 Å². The number of aliphatic carboxylic acids is 1. The molecule has 70 valence electrons. The van der Waals surface area contributed by atoms with Gasteiger partial charge in [0.2, 0.25) is 5.13 Å². The van der Waals surface area contributed by atoms with Gasteiger partial charge in [0.1, 0.15) is 5.71 Å². The van der Waals surface area contributed by atoms with Gasteiger partial charge in [-0.2, -0.15) is 5.10 Å². The molecule has 0 atom stereocenters. The molecule has 8 heteroatoms. The highest BCUT2D eigenvalue weighted by atomic mass is 32.1. The molecule has 3 N–H and O–H groups in total. The van der Waals surface area contributed by atoms with Crippen molar-refractivity contribution in [3.63, 3.8) is 0 Å². The summed E-state index contributed by atoms with van der Waals surface area (Å²) >= 11 is 5.94. The zero-order valence-electron chi connectivity index (χ0n) is 6.57. The highest BCUT2D eigenvalue weighted by molar-refractivity contribution is 7.73. The van der Waals surface area contributed by atoms with Crippen LogP contribution in [0.4, 0.5) is 5.13 Å². The van der Waals surface area contributed by atoms with Crippen molar-refractivity contribution in [3.05, 3.63) is 3.95 Å². The fourth-order valence-corrected chi connectivity index (χ4v) is 1.19. The maximum atomic E-state index is 10.3. The maximum Gasteiger partial charge on any atom is 0.351 e. The lowest BCUT2D eigenvalue weighted by molar-refractivity contribution is -0.129. The first-order valence-corrected chi connectivity index (χ1v) is 4.41. The van der Waals surface area contributed by atoms with E-state index in [0.29, 0.717) is 9.09 Å². The van der Waals surface area contributed by atoms with Crippen molar-refractivity contribution in [3.8, 4) is 0 Å². The lowest BCUT2D eigenvalue weighted by Crippen LogP contribution is -2.10. The molecule has 0 saturated heterocycles. The number of H-pyrrole nitrogens is 1. The molecule has 1 aromatic heterocycles. The second-order valence-corrected chi connectivity index (χ2v) is 3.70. The average molecular weight is 218 g/mol. The minimum atomic E-state index is -1.08. The second kappa shape index (κ2) is 4.10. The van der Waals surface area contributed by atoms with Crippen molar-refractivity contribution in [1.82, 2.24) is 10.2 Å². The van der Waals surface area contributed by atoms with Crippen LogP contribution in [0.3, 0.4) is 0 Å². The van der Waals surface area contributed by atoms with E-state index in [-0.39, 0.29) is 5.71 Å². The molecule has 1 aromatic rings. The topological polar surface area (TPSA) is 90.4 Å². The first-order chi connectivity index (χ1) is 6.09. The number of carbonyl (C=O) groups is 1. The molecule has 0 aromatic carbocycles. The summed E-state index contributed by atoms with van der Waals surface area (Å²) in [5.74, 6) is -1.08. The molecule has 0 spiro atoms. The third-order valence-corrected chi connectivity index (χ3v) is 2.06. The van der Waals surface area contributed by atoms with E-state index in [1.54, 1.807) is 0 Å². The quantitative estimate of drug-likeness (QED) is 0.401. The van der Waals surface area contributed by atoms with E-state index in [9.17, 15) is 4.79 Å². The Kier molecular flexibility index (Phi) is 3.09. The number of hydrogen-bond acceptors (Lipinski definition) is 6. The second-order valence-electron chi connectivity index (χ2n) is 2.03. The number of carboxylic acids is 1. The van der Waals surface area contributed by atoms with E-state index in [4.69, 9.17) is 17.3 Å². The number of hydrazone groups is 1. The smallest absolute Gasteiger partial charge is 0.351 e. The van der Waals surface area contributed by atoms with Crippen molar-refractivity contribution < 1.29 is 9.90 Å². The Morgan fingerprint density at radius 1 is 1.85 bits per heavy atom. The molecule has 0 aliphatic carbocycles. The molecule has 0 unspecified atom stereocenters. The van der Waals surface area contributed by atoms with E-state index < -0.39 is 5.97 Å². The Morgan fingerprint density at radius 3 is 3.00 bits per heavy atom. The van der Waals surface area contributed by atoms with Gasteiger partial charge < -0.3 is 5.11 Å². The summed E-state index contributed by atoms with van der Waals surface area (Å²) < 4.78 is 0.505. The van der Waals surface area contributed by atoms with E-state index in [2.05, 4.69) is 20.7 Å². The van der Waals surface area contributed by atoms with Gasteiger partial charge in [0.15, 0.2) is 3.95 Å². The van der Waals surface area contributed by atoms with Gasteiger partial charge in [-0.1, -0.05) is 11.3 Å². The lowest BCUT2D eigenvalue weighted by atomic mass is 10.4. The Bertz CT molecular complexity index is 393. The van der Waals surface area contributed by atoms with Gasteiger partial charge in [-0.05, 0) is 19.1 Å². The van der Waals surface area contributed by atoms with Crippen LogP contribution in [0.2, 0.25) is 0 Å². The van der Waals surface area contributed by atoms with E-state index >= 15 is 0 Å². The van der Waals surface area contributed by atoms with Crippen molar-refractivity contribution >= 4 is 40.4 Å². The first-order valence-electron chi connectivity index (χ1n) is 3.18. The zero-order valence-corrected chi connectivity index (χ0v) is 8.20. The summed E-state index contributed by atoms with van der Waals surface area (Å²) in [6.07, 6.45) is 0. The zero-order chi connectivity index (χ0) is 9.84. The summed E-state index contributed by atoms with van der Waals surface area (Å²) in [5, 5.41) is 18.7. The molecular weight excluding hydrogens is 212 g/mol. The van der Waals surface area contributed by atoms with E-state index in [1.807, 2.05) is 0 Å². The van der Waals surface area contributed by atoms with Crippen LogP contribution < -0.4 is 5.43 Å². The molecule has 0 amide bonds. The molecule has 1 rings (SSSR count). The largest absolute Gasteiger partial charge is 0.477 e. The van der Waals surface area contributed by atoms with Crippen LogP contribution in [-0.2, 0) is 4.79 Å². The molecule has 0 bridgehead atoms. The maximum absolute atomic E-state index is 10.3. The van der Waals surface area contributed by atoms with E-state index in [0.717, 1.165) is 0 Å². The Balaban J connectivity index is 2.66. The molecule has 13 heavy (non-hydrogen) atoms. The average Bonchev–Trinajstić information content (AvgIpc) is 2.47. The van der Waals surface area contributed by atoms with Crippen LogP contribution in [0.25, 0.3) is 0 Å². The Hall–Kier alpha value is -1.28. The molecule has 0 aliphatic heterocycles. The van der Waals surface area contributed by atoms with Gasteiger partial charge >= 0.3 is 5.97 Å². The number of hydrogen-bond donors (Lipinski definition) is 3. The van der Waals surface area contributed by atoms with Crippen LogP contribution in [0, 0.1) is 3.95 Å². The molecule has 1 heterocycles. The van der Waals surface area contributed by atoms with Crippen LogP contribution in [0.1, 0.15) is 6.92 Å². The SMILES string of the molecule is C/C(=N/Nc1n[nH]c(=S)s1)C(=O)O. The summed E-state index contributed by atoms with van der Waals surface area (Å²) in [7, 11) is 0. The standard InChI is InChI=1S/C5H6N4O2S2/c1-2(3(10)11)6-7-4-8-9-5(12)13-4/h1H3,(H,7,8)(H,9,12)(H,10,11)/b6-2-. The Morgan fingerprint density at radius 2 is 2.54 bits per heavy atom. The molecule has 0 saturated carbocycles. The van der Waals surface area contributed by atoms with Gasteiger partial charge in [0, 0.05) is 0 Å². The van der Waals surface area contributed by atoms with Gasteiger partial charge in [-0.15, -0.1) is 5.10 Å². The van der Waals surface area contributed by atoms with Gasteiger partial charge in [0.05, 0.1) is 0 Å². The molecular formula is C5H6N4O2S2. The van der Waals surface area contributed by atoms with Crippen LogP contribution in [0.5, 0.6) is 0 Å². The van der Waals surface area contributed by atoms with Crippen molar-refractivity contribution in [1.29, 1.82) is 0 Å². The van der Waals surface area contributed by atoms with Crippen LogP contribution >= 0.6 is 23.6 Å². The number of nitrogens with zero attached hydrogens (tertiary/aromatic N) is 2. The van der Waals surface area contributed by atoms with E-state index in [1.165, 1.54) is 18.3 Å². The Labute approximate surface area is 82.3 Å². The van der Waals surface area contributed by atoms with Crippen molar-refractivity contribution in [2.24, 2.45) is 5.10 Å². The number of nitrogens with one attached hydrogen (secondary N) is 2. The minimum absolute atomic E-state index is 0.0406. The van der Waals surface area contributed by atoms with Crippen molar-refractivity contribution in [2.45, 2.75) is 6.92 Å². The van der Waals surface area contributed by atoms with Gasteiger partial charge in [-0.25, -0.2) is 4.79 Å². The fraction of sp³-hybridized carbons (Fsp3) is 0.200. The van der Waals surface area contributed by atoms with Gasteiger partial charge in [-0.3, -0.25) is 10.5 Å². The number of aromatic amines is 1. The van der Waals surface area contributed by atoms with Gasteiger partial charge in [0.25, 0.3) is 0 Å². The molecule has 0 aliphatic rings. The third kappa shape index (κ3) is 2.92. The highest BCUT2D eigenvalue weighted by Crippen LogP contribution is 2.10. The summed E-state index contributed by atoms with van der Waals surface area (Å²) in [6.45, 7) is 1.38. The third-order valence-electron chi connectivity index (χ3n) is 1.07. The number of carboxylic acid groups (broad SMARTS) is 1. The first kappa shape index (κ1) is 9.81.